The second-order valence-corrected chi connectivity index (χ2v) is 14.2. The molecule has 226 valence electrons. The highest BCUT2D eigenvalue weighted by molar-refractivity contribution is 7.26. The summed E-state index contributed by atoms with van der Waals surface area (Å²) in [5.74, 6) is 0. The number of fused-ring (bicyclic) bond motifs is 11. The van der Waals surface area contributed by atoms with Crippen molar-refractivity contribution >= 4 is 96.1 Å². The molecule has 1 heteroatoms. The Labute approximate surface area is 287 Å². The fourth-order valence-corrected chi connectivity index (χ4v) is 9.69. The molecule has 0 spiro atoms. The maximum atomic E-state index is 2.49. The zero-order chi connectivity index (χ0) is 32.1. The van der Waals surface area contributed by atoms with E-state index in [9.17, 15) is 0 Å². The van der Waals surface area contributed by atoms with Gasteiger partial charge in [-0.05, 0) is 111 Å². The quantitative estimate of drug-likeness (QED) is 0.166. The molecule has 0 bridgehead atoms. The summed E-state index contributed by atoms with van der Waals surface area (Å²) in [6.07, 6.45) is 0. The van der Waals surface area contributed by atoms with Crippen LogP contribution in [0.25, 0.3) is 107 Å². The molecule has 0 N–H and O–H groups in total. The summed E-state index contributed by atoms with van der Waals surface area (Å²) in [4.78, 5) is 0. The Morgan fingerprint density at radius 2 is 0.755 bits per heavy atom. The third kappa shape index (κ3) is 3.85. The van der Waals surface area contributed by atoms with Gasteiger partial charge in [-0.2, -0.15) is 0 Å². The van der Waals surface area contributed by atoms with E-state index in [0.29, 0.717) is 0 Å². The van der Waals surface area contributed by atoms with Gasteiger partial charge in [0, 0.05) is 20.2 Å². The highest BCUT2D eigenvalue weighted by atomic mass is 32.1. The van der Waals surface area contributed by atoms with Crippen LogP contribution in [0, 0.1) is 0 Å². The van der Waals surface area contributed by atoms with Crippen LogP contribution < -0.4 is 0 Å². The summed E-state index contributed by atoms with van der Waals surface area (Å²) in [5, 5.41) is 18.2. The van der Waals surface area contributed by atoms with Crippen molar-refractivity contribution in [2.45, 2.75) is 0 Å². The van der Waals surface area contributed by atoms with Gasteiger partial charge in [0.25, 0.3) is 0 Å². The fourth-order valence-electron chi connectivity index (χ4n) is 8.45. The largest absolute Gasteiger partial charge is 0.135 e. The summed E-state index contributed by atoms with van der Waals surface area (Å²) in [6.45, 7) is 0. The molecule has 1 heterocycles. The molecule has 1 aromatic heterocycles. The van der Waals surface area contributed by atoms with Gasteiger partial charge in [-0.3, -0.25) is 0 Å². The molecule has 0 saturated heterocycles. The Hall–Kier alpha value is -6.02. The maximum Gasteiger partial charge on any atom is 0.0433 e. The first kappa shape index (κ1) is 27.0. The second kappa shape index (κ2) is 10.2. The third-order valence-corrected chi connectivity index (χ3v) is 11.8. The third-order valence-electron chi connectivity index (χ3n) is 10.6. The summed E-state index contributed by atoms with van der Waals surface area (Å²) >= 11 is 1.90. The Bertz CT molecular complexity index is 3150. The van der Waals surface area contributed by atoms with Crippen molar-refractivity contribution in [2.24, 2.45) is 0 Å². The number of hydrogen-bond donors (Lipinski definition) is 0. The molecule has 11 aromatic rings. The average molecular weight is 637 g/mol. The van der Waals surface area contributed by atoms with Crippen molar-refractivity contribution < 1.29 is 0 Å². The Balaban J connectivity index is 1.43. The lowest BCUT2D eigenvalue weighted by atomic mass is 9.85. The molecule has 10 aromatic carbocycles. The number of hydrogen-bond acceptors (Lipinski definition) is 1. The molecular formula is C48H28S. The molecular weight excluding hydrogens is 609 g/mol. The number of rotatable bonds is 2. The topological polar surface area (TPSA) is 0 Å². The van der Waals surface area contributed by atoms with Crippen molar-refractivity contribution in [3.05, 3.63) is 170 Å². The van der Waals surface area contributed by atoms with Gasteiger partial charge in [0.2, 0.25) is 0 Å². The molecule has 0 atom stereocenters. The van der Waals surface area contributed by atoms with Crippen LogP contribution in [-0.2, 0) is 0 Å². The highest BCUT2D eigenvalue weighted by Gasteiger charge is 2.19. The highest BCUT2D eigenvalue weighted by Crippen LogP contribution is 2.47. The van der Waals surface area contributed by atoms with Gasteiger partial charge < -0.3 is 0 Å². The first-order valence-electron chi connectivity index (χ1n) is 16.9. The van der Waals surface area contributed by atoms with E-state index in [1.165, 1.54) is 107 Å². The Kier molecular flexibility index (Phi) is 5.64. The SMILES string of the molecule is c1ccc(-c2ccc3c4ccccc4c4cccc5c6ccccc6c6cc(-c7cccc8c7sc7ccccc78)cc(c3c2)c6c45)cc1. The van der Waals surface area contributed by atoms with E-state index in [4.69, 9.17) is 0 Å². The molecule has 0 unspecified atom stereocenters. The first-order valence-corrected chi connectivity index (χ1v) is 17.7. The molecule has 0 aliphatic rings. The van der Waals surface area contributed by atoms with Crippen molar-refractivity contribution in [1.29, 1.82) is 0 Å². The average Bonchev–Trinajstić information content (AvgIpc) is 3.56. The molecule has 0 aliphatic carbocycles. The minimum absolute atomic E-state index is 1.23. The van der Waals surface area contributed by atoms with Crippen LogP contribution in [-0.4, -0.2) is 0 Å². The Morgan fingerprint density at radius 3 is 1.49 bits per heavy atom. The van der Waals surface area contributed by atoms with E-state index in [2.05, 4.69) is 170 Å². The van der Waals surface area contributed by atoms with Gasteiger partial charge >= 0.3 is 0 Å². The van der Waals surface area contributed by atoms with E-state index < -0.39 is 0 Å². The van der Waals surface area contributed by atoms with E-state index in [1.54, 1.807) is 0 Å². The molecule has 0 saturated carbocycles. The zero-order valence-electron chi connectivity index (χ0n) is 26.6. The van der Waals surface area contributed by atoms with E-state index in [0.717, 1.165) is 0 Å². The van der Waals surface area contributed by atoms with Gasteiger partial charge in [0.15, 0.2) is 0 Å². The van der Waals surface area contributed by atoms with Crippen LogP contribution in [0.5, 0.6) is 0 Å². The van der Waals surface area contributed by atoms with Gasteiger partial charge in [0.05, 0.1) is 0 Å². The standard InChI is InChI=1S/C48H28S/c1-2-12-29(13-3-1)30-24-25-37-33-14-4-5-15-34(33)39-20-11-21-40-35-16-6-7-17-36(35)43-27-31(28-44(42(37)26-30)47(43)46(39)40)32-19-10-22-41-38-18-8-9-23-45(38)49-48(32)41/h1-28H. The van der Waals surface area contributed by atoms with Crippen LogP contribution in [0.1, 0.15) is 0 Å². The van der Waals surface area contributed by atoms with Gasteiger partial charge in [-0.1, -0.05) is 146 Å². The van der Waals surface area contributed by atoms with E-state index >= 15 is 0 Å². The summed E-state index contributed by atoms with van der Waals surface area (Å²) in [7, 11) is 0. The van der Waals surface area contributed by atoms with Gasteiger partial charge in [-0.25, -0.2) is 0 Å². The summed E-state index contributed by atoms with van der Waals surface area (Å²) < 4.78 is 2.67. The van der Waals surface area contributed by atoms with Crippen LogP contribution in [0.15, 0.2) is 170 Å². The normalized spacial score (nSPS) is 12.1. The molecule has 0 aliphatic heterocycles. The van der Waals surface area contributed by atoms with Crippen LogP contribution in [0.2, 0.25) is 0 Å². The van der Waals surface area contributed by atoms with Crippen LogP contribution >= 0.6 is 11.3 Å². The molecule has 11 rings (SSSR count). The van der Waals surface area contributed by atoms with Crippen molar-refractivity contribution in [3.8, 4) is 22.3 Å². The van der Waals surface area contributed by atoms with Crippen molar-refractivity contribution in [2.75, 3.05) is 0 Å². The molecule has 49 heavy (non-hydrogen) atoms. The van der Waals surface area contributed by atoms with E-state index in [1.807, 2.05) is 11.3 Å². The fraction of sp³-hybridized carbons (Fsp3) is 0. The molecule has 0 nitrogen and oxygen atoms in total. The second-order valence-electron chi connectivity index (χ2n) is 13.2. The lowest BCUT2D eigenvalue weighted by molar-refractivity contribution is 1.65. The monoisotopic (exact) mass is 636 g/mol. The van der Waals surface area contributed by atoms with Crippen LogP contribution in [0.3, 0.4) is 0 Å². The molecule has 0 amide bonds. The van der Waals surface area contributed by atoms with Gasteiger partial charge in [0.1, 0.15) is 0 Å². The number of benzene rings is 9. The summed E-state index contributed by atoms with van der Waals surface area (Å²) in [5.41, 5.74) is 5.00. The molecule has 0 fully saturated rings. The molecule has 0 radical (unpaired) electrons. The summed E-state index contributed by atoms with van der Waals surface area (Å²) in [6, 6.07) is 63.4. The maximum absolute atomic E-state index is 2.49. The van der Waals surface area contributed by atoms with Crippen LogP contribution in [0.4, 0.5) is 0 Å². The lowest BCUT2D eigenvalue weighted by Gasteiger charge is -2.18. The zero-order valence-corrected chi connectivity index (χ0v) is 27.4. The predicted molar refractivity (Wildman–Crippen MR) is 215 cm³/mol. The van der Waals surface area contributed by atoms with Gasteiger partial charge in [-0.15, -0.1) is 11.3 Å². The Morgan fingerprint density at radius 1 is 0.265 bits per heavy atom. The smallest absolute Gasteiger partial charge is 0.0433 e. The predicted octanol–water partition coefficient (Wildman–Crippen LogP) is 14.3. The van der Waals surface area contributed by atoms with Crippen molar-refractivity contribution in [3.63, 3.8) is 0 Å². The number of thiophene rings is 1. The van der Waals surface area contributed by atoms with Crippen molar-refractivity contribution in [1.82, 2.24) is 0 Å². The van der Waals surface area contributed by atoms with E-state index in [-0.39, 0.29) is 0 Å². The minimum Gasteiger partial charge on any atom is -0.135 e. The first-order chi connectivity index (χ1) is 24.3. The lowest BCUT2D eigenvalue weighted by Crippen LogP contribution is -1.90. The minimum atomic E-state index is 1.23.